The summed E-state index contributed by atoms with van der Waals surface area (Å²) in [6.45, 7) is 2.42. The lowest BCUT2D eigenvalue weighted by molar-refractivity contribution is 0.194. The Hall–Kier alpha value is -3.70. The van der Waals surface area contributed by atoms with Crippen molar-refractivity contribution in [2.24, 2.45) is 0 Å². The molecule has 0 aliphatic carbocycles. The van der Waals surface area contributed by atoms with E-state index in [9.17, 15) is 4.79 Å². The maximum atomic E-state index is 13.8. The number of fused-ring (bicyclic) bond motifs is 3. The van der Waals surface area contributed by atoms with Crippen LogP contribution in [-0.4, -0.2) is 29.6 Å². The van der Waals surface area contributed by atoms with Gasteiger partial charge in [-0.05, 0) is 66.1 Å². The van der Waals surface area contributed by atoms with Gasteiger partial charge in [0.05, 0.1) is 18.3 Å². The minimum Gasteiger partial charge on any atom is -0.378 e. The van der Waals surface area contributed by atoms with Crippen molar-refractivity contribution < 1.29 is 4.79 Å². The first kappa shape index (κ1) is 22.1. The van der Waals surface area contributed by atoms with Crippen LogP contribution in [0, 0.1) is 6.92 Å². The molecule has 4 aromatic rings. The normalized spacial score (nSPS) is 14.7. The van der Waals surface area contributed by atoms with Gasteiger partial charge in [-0.2, -0.15) is 0 Å². The number of aromatic nitrogens is 1. The molecule has 1 aliphatic heterocycles. The number of nitrogens with zero attached hydrogens (tertiary/aromatic N) is 3. The monoisotopic (exact) mass is 470 g/mol. The minimum atomic E-state index is -0.264. The summed E-state index contributed by atoms with van der Waals surface area (Å²) < 4.78 is 2.19. The second-order valence-corrected chi connectivity index (χ2v) is 9.25. The summed E-state index contributed by atoms with van der Waals surface area (Å²) in [5.74, 6) is 0. The first-order chi connectivity index (χ1) is 16.4. The van der Waals surface area contributed by atoms with Gasteiger partial charge in [0.2, 0.25) is 0 Å². The fraction of sp³-hybridized carbons (Fsp3) is 0.179. The topological polar surface area (TPSA) is 40.5 Å². The summed E-state index contributed by atoms with van der Waals surface area (Å²) in [7, 11) is 4.05. The molecule has 0 radical (unpaired) electrons. The highest BCUT2D eigenvalue weighted by molar-refractivity contribution is 6.31. The lowest BCUT2D eigenvalue weighted by Crippen LogP contribution is -2.37. The maximum absolute atomic E-state index is 13.8. The number of halogens is 1. The van der Waals surface area contributed by atoms with Crippen molar-refractivity contribution in [3.63, 3.8) is 0 Å². The number of benzene rings is 3. The van der Waals surface area contributed by atoms with E-state index < -0.39 is 0 Å². The number of anilines is 2. The van der Waals surface area contributed by atoms with Gasteiger partial charge in [-0.3, -0.25) is 0 Å². The lowest BCUT2D eigenvalue weighted by atomic mass is 10.0. The zero-order chi connectivity index (χ0) is 23.8. The number of hydrogen-bond donors (Lipinski definition) is 1. The van der Waals surface area contributed by atoms with Crippen LogP contribution in [0.2, 0.25) is 5.02 Å². The van der Waals surface area contributed by atoms with E-state index in [1.54, 1.807) is 6.07 Å². The Morgan fingerprint density at radius 2 is 1.76 bits per heavy atom. The Morgan fingerprint density at radius 3 is 2.50 bits per heavy atom. The third-order valence-corrected chi connectivity index (χ3v) is 6.78. The molecule has 34 heavy (non-hydrogen) atoms. The van der Waals surface area contributed by atoms with E-state index in [1.807, 2.05) is 56.3 Å². The zero-order valence-corrected chi connectivity index (χ0v) is 20.3. The summed E-state index contributed by atoms with van der Waals surface area (Å²) in [6.07, 6.45) is 2.07. The van der Waals surface area contributed by atoms with E-state index in [0.717, 1.165) is 33.8 Å². The molecule has 1 aromatic heterocycles. The van der Waals surface area contributed by atoms with Crippen LogP contribution in [0.4, 0.5) is 16.2 Å². The molecule has 1 aliphatic rings. The molecule has 2 heterocycles. The molecular formula is C28H27ClN4O. The van der Waals surface area contributed by atoms with Crippen molar-refractivity contribution in [2.45, 2.75) is 19.5 Å². The van der Waals surface area contributed by atoms with Crippen LogP contribution in [0.1, 0.15) is 28.4 Å². The molecule has 1 N–H and O–H groups in total. The fourth-order valence-electron chi connectivity index (χ4n) is 4.51. The van der Waals surface area contributed by atoms with Crippen LogP contribution in [0.15, 0.2) is 85.1 Å². The van der Waals surface area contributed by atoms with E-state index >= 15 is 0 Å². The van der Waals surface area contributed by atoms with Gasteiger partial charge >= 0.3 is 6.03 Å². The van der Waals surface area contributed by atoms with Crippen LogP contribution in [0.5, 0.6) is 0 Å². The van der Waals surface area contributed by atoms with Gasteiger partial charge in [-0.15, -0.1) is 0 Å². The van der Waals surface area contributed by atoms with Gasteiger partial charge in [0.15, 0.2) is 0 Å². The summed E-state index contributed by atoms with van der Waals surface area (Å²) >= 11 is 6.32. The molecule has 6 heteroatoms. The number of carbonyl (C=O) groups excluding carboxylic acids is 1. The molecule has 0 unspecified atom stereocenters. The number of nitrogens with one attached hydrogen (secondary N) is 1. The van der Waals surface area contributed by atoms with E-state index in [-0.39, 0.29) is 12.1 Å². The van der Waals surface area contributed by atoms with Crippen molar-refractivity contribution >= 4 is 29.0 Å². The molecule has 0 saturated heterocycles. The minimum absolute atomic E-state index is 0.175. The van der Waals surface area contributed by atoms with Crippen molar-refractivity contribution in [1.82, 2.24) is 9.47 Å². The summed E-state index contributed by atoms with van der Waals surface area (Å²) in [6, 6.07) is 25.9. The van der Waals surface area contributed by atoms with Crippen LogP contribution in [0.25, 0.3) is 5.69 Å². The first-order valence-electron chi connectivity index (χ1n) is 11.3. The summed E-state index contributed by atoms with van der Waals surface area (Å²) in [4.78, 5) is 17.7. The molecular weight excluding hydrogens is 444 g/mol. The van der Waals surface area contributed by atoms with Crippen molar-refractivity contribution in [2.75, 3.05) is 24.3 Å². The van der Waals surface area contributed by atoms with Crippen molar-refractivity contribution in [3.8, 4) is 5.69 Å². The van der Waals surface area contributed by atoms with E-state index in [2.05, 4.69) is 63.4 Å². The molecule has 0 fully saturated rings. The molecule has 172 valence electrons. The van der Waals surface area contributed by atoms with Gasteiger partial charge in [-0.25, -0.2) is 4.79 Å². The van der Waals surface area contributed by atoms with Crippen LogP contribution in [0.3, 0.4) is 0 Å². The lowest BCUT2D eigenvalue weighted by Gasteiger charge is -2.31. The van der Waals surface area contributed by atoms with E-state index in [0.29, 0.717) is 17.3 Å². The molecule has 1 atom stereocenters. The third kappa shape index (κ3) is 4.03. The highest BCUT2D eigenvalue weighted by Gasteiger charge is 2.33. The fourth-order valence-corrected chi connectivity index (χ4v) is 4.69. The Kier molecular flexibility index (Phi) is 5.80. The smallest absolute Gasteiger partial charge is 0.322 e. The Labute approximate surface area is 205 Å². The van der Waals surface area contributed by atoms with Crippen LogP contribution in [-0.2, 0) is 6.54 Å². The molecule has 0 saturated carbocycles. The van der Waals surface area contributed by atoms with Crippen LogP contribution >= 0.6 is 11.6 Å². The Balaban J connectivity index is 1.60. The SMILES string of the molecule is Cc1ccc(NC(=O)N2Cc3ccccc3-n3cccc3[C@@H]2c2ccc(N(C)C)cc2)cc1Cl. The van der Waals surface area contributed by atoms with Gasteiger partial charge < -0.3 is 19.7 Å². The summed E-state index contributed by atoms with van der Waals surface area (Å²) in [5.41, 5.74) is 7.03. The predicted octanol–water partition coefficient (Wildman–Crippen LogP) is 6.64. The number of rotatable bonds is 3. The Bertz CT molecular complexity index is 1340. The highest BCUT2D eigenvalue weighted by Crippen LogP contribution is 2.37. The first-order valence-corrected chi connectivity index (χ1v) is 11.7. The second kappa shape index (κ2) is 8.92. The Morgan fingerprint density at radius 1 is 1.00 bits per heavy atom. The number of hydrogen-bond acceptors (Lipinski definition) is 2. The highest BCUT2D eigenvalue weighted by atomic mass is 35.5. The van der Waals surface area contributed by atoms with Gasteiger partial charge in [0, 0.05) is 42.4 Å². The predicted molar refractivity (Wildman–Crippen MR) is 139 cm³/mol. The second-order valence-electron chi connectivity index (χ2n) is 8.84. The molecule has 5 nitrogen and oxygen atoms in total. The standard InChI is InChI=1S/C28H27ClN4O/c1-19-10-13-22(17-24(19)29)30-28(34)33-18-21-7-4-5-8-25(21)32-16-6-9-26(32)27(33)20-11-14-23(15-12-20)31(2)3/h4-17,27H,18H2,1-3H3,(H,30,34)/t27-/m0/s1. The van der Waals surface area contributed by atoms with Crippen molar-refractivity contribution in [1.29, 1.82) is 0 Å². The number of urea groups is 1. The van der Waals surface area contributed by atoms with Crippen molar-refractivity contribution in [3.05, 3.63) is 112 Å². The average Bonchev–Trinajstić information content (AvgIpc) is 3.26. The molecule has 2 amide bonds. The van der Waals surface area contributed by atoms with Gasteiger partial charge in [0.1, 0.15) is 0 Å². The number of aryl methyl sites for hydroxylation is 1. The van der Waals surface area contributed by atoms with E-state index in [4.69, 9.17) is 11.6 Å². The maximum Gasteiger partial charge on any atom is 0.322 e. The quantitative estimate of drug-likeness (QED) is 0.364. The van der Waals surface area contributed by atoms with Crippen LogP contribution < -0.4 is 10.2 Å². The largest absolute Gasteiger partial charge is 0.378 e. The number of amides is 2. The molecule has 5 rings (SSSR count). The molecule has 0 bridgehead atoms. The third-order valence-electron chi connectivity index (χ3n) is 6.37. The average molecular weight is 471 g/mol. The zero-order valence-electron chi connectivity index (χ0n) is 19.5. The summed E-state index contributed by atoms with van der Waals surface area (Å²) in [5, 5.41) is 3.70. The molecule has 0 spiro atoms. The molecule has 3 aromatic carbocycles. The van der Waals surface area contributed by atoms with E-state index in [1.165, 1.54) is 0 Å². The van der Waals surface area contributed by atoms with Gasteiger partial charge in [-0.1, -0.05) is 48.0 Å². The number of para-hydroxylation sites is 1. The number of carbonyl (C=O) groups is 1. The van der Waals surface area contributed by atoms with Gasteiger partial charge in [0.25, 0.3) is 0 Å².